The van der Waals surface area contributed by atoms with E-state index in [-0.39, 0.29) is 29.8 Å². The predicted octanol–water partition coefficient (Wildman–Crippen LogP) is 0.949. The summed E-state index contributed by atoms with van der Waals surface area (Å²) in [7, 11) is 1.66. The number of nitrogens with one attached hydrogen (secondary N) is 2. The quantitative estimate of drug-likeness (QED) is 0.781. The van der Waals surface area contributed by atoms with Crippen molar-refractivity contribution < 1.29 is 9.53 Å². The summed E-state index contributed by atoms with van der Waals surface area (Å²) in [5, 5.41) is 6.26. The number of amides is 1. The van der Waals surface area contributed by atoms with Crippen LogP contribution in [0.4, 0.5) is 0 Å². The first-order valence-corrected chi connectivity index (χ1v) is 5.61. The molecule has 0 aromatic heterocycles. The minimum atomic E-state index is -0.315. The SMILES string of the molecule is COCC1(C(=O)NC(C)C)CCNCC1.Cl. The molecule has 0 radical (unpaired) electrons. The van der Waals surface area contributed by atoms with Crippen molar-refractivity contribution in [3.63, 3.8) is 0 Å². The van der Waals surface area contributed by atoms with Gasteiger partial charge in [0.25, 0.3) is 0 Å². The van der Waals surface area contributed by atoms with E-state index in [0.29, 0.717) is 6.61 Å². The van der Waals surface area contributed by atoms with Crippen molar-refractivity contribution in [3.8, 4) is 0 Å². The van der Waals surface area contributed by atoms with E-state index >= 15 is 0 Å². The summed E-state index contributed by atoms with van der Waals surface area (Å²) < 4.78 is 5.20. The second-order valence-electron chi connectivity index (χ2n) is 4.59. The van der Waals surface area contributed by atoms with Crippen LogP contribution in [-0.4, -0.2) is 38.8 Å². The lowest BCUT2D eigenvalue weighted by Gasteiger charge is -2.36. The topological polar surface area (TPSA) is 50.4 Å². The molecule has 0 bridgehead atoms. The van der Waals surface area contributed by atoms with Crippen LogP contribution < -0.4 is 10.6 Å². The minimum Gasteiger partial charge on any atom is -0.384 e. The van der Waals surface area contributed by atoms with Crippen LogP contribution in [-0.2, 0) is 9.53 Å². The minimum absolute atomic E-state index is 0. The Hall–Kier alpha value is -0.320. The highest BCUT2D eigenvalue weighted by Gasteiger charge is 2.39. The summed E-state index contributed by atoms with van der Waals surface area (Å²) in [6.07, 6.45) is 1.72. The molecule has 0 aromatic carbocycles. The van der Waals surface area contributed by atoms with Crippen LogP contribution in [0.2, 0.25) is 0 Å². The number of halogens is 1. The normalized spacial score (nSPS) is 19.0. The second-order valence-corrected chi connectivity index (χ2v) is 4.59. The molecule has 96 valence electrons. The molecular formula is C11H23ClN2O2. The van der Waals surface area contributed by atoms with E-state index in [1.165, 1.54) is 0 Å². The molecule has 4 nitrogen and oxygen atoms in total. The molecule has 1 fully saturated rings. The van der Waals surface area contributed by atoms with E-state index in [1.54, 1.807) is 7.11 Å². The van der Waals surface area contributed by atoms with Crippen molar-refractivity contribution in [1.82, 2.24) is 10.6 Å². The van der Waals surface area contributed by atoms with Crippen molar-refractivity contribution in [2.45, 2.75) is 32.7 Å². The Morgan fingerprint density at radius 2 is 2.00 bits per heavy atom. The van der Waals surface area contributed by atoms with Crippen molar-refractivity contribution >= 4 is 18.3 Å². The van der Waals surface area contributed by atoms with Crippen LogP contribution in [0.3, 0.4) is 0 Å². The lowest BCUT2D eigenvalue weighted by atomic mass is 9.78. The predicted molar refractivity (Wildman–Crippen MR) is 66.9 cm³/mol. The smallest absolute Gasteiger partial charge is 0.228 e. The van der Waals surface area contributed by atoms with Gasteiger partial charge in [0.1, 0.15) is 0 Å². The Balaban J connectivity index is 0.00000225. The lowest BCUT2D eigenvalue weighted by Crippen LogP contribution is -2.51. The molecular weight excluding hydrogens is 228 g/mol. The lowest BCUT2D eigenvalue weighted by molar-refractivity contribution is -0.136. The van der Waals surface area contributed by atoms with Crippen LogP contribution in [0.15, 0.2) is 0 Å². The van der Waals surface area contributed by atoms with Gasteiger partial charge in [0.05, 0.1) is 12.0 Å². The van der Waals surface area contributed by atoms with Crippen LogP contribution in [0.25, 0.3) is 0 Å². The molecule has 0 aliphatic carbocycles. The first-order chi connectivity index (χ1) is 7.10. The molecule has 2 N–H and O–H groups in total. The summed E-state index contributed by atoms with van der Waals surface area (Å²) in [4.78, 5) is 12.1. The molecule has 1 heterocycles. The molecule has 0 unspecified atom stereocenters. The van der Waals surface area contributed by atoms with Crippen LogP contribution in [0.5, 0.6) is 0 Å². The molecule has 5 heteroatoms. The summed E-state index contributed by atoms with van der Waals surface area (Å²) >= 11 is 0. The number of methoxy groups -OCH3 is 1. The monoisotopic (exact) mass is 250 g/mol. The molecule has 16 heavy (non-hydrogen) atoms. The summed E-state index contributed by atoms with van der Waals surface area (Å²) in [5.41, 5.74) is -0.315. The van der Waals surface area contributed by atoms with Gasteiger partial charge in [-0.15, -0.1) is 12.4 Å². The highest BCUT2D eigenvalue weighted by atomic mass is 35.5. The second kappa shape index (κ2) is 7.09. The average molecular weight is 251 g/mol. The Morgan fingerprint density at radius 1 is 1.44 bits per heavy atom. The average Bonchev–Trinajstić information content (AvgIpc) is 2.18. The van der Waals surface area contributed by atoms with Gasteiger partial charge >= 0.3 is 0 Å². The van der Waals surface area contributed by atoms with E-state index in [0.717, 1.165) is 25.9 Å². The summed E-state index contributed by atoms with van der Waals surface area (Å²) in [5.74, 6) is 0.140. The van der Waals surface area contributed by atoms with E-state index in [1.807, 2.05) is 13.8 Å². The van der Waals surface area contributed by atoms with Gasteiger partial charge in [-0.05, 0) is 39.8 Å². The Labute approximate surface area is 104 Å². The highest BCUT2D eigenvalue weighted by Crippen LogP contribution is 2.29. The maximum atomic E-state index is 12.1. The molecule has 1 aliphatic rings. The largest absolute Gasteiger partial charge is 0.384 e. The van der Waals surface area contributed by atoms with E-state index in [2.05, 4.69) is 10.6 Å². The standard InChI is InChI=1S/C11H22N2O2.ClH/c1-9(2)13-10(14)11(8-15-3)4-6-12-7-5-11;/h9,12H,4-8H2,1-3H3,(H,13,14);1H. The number of hydrogen-bond donors (Lipinski definition) is 2. The highest BCUT2D eigenvalue weighted by molar-refractivity contribution is 5.85. The van der Waals surface area contributed by atoms with Crippen LogP contribution in [0.1, 0.15) is 26.7 Å². The van der Waals surface area contributed by atoms with Gasteiger partial charge in [0, 0.05) is 13.2 Å². The third-order valence-electron chi connectivity index (χ3n) is 2.88. The van der Waals surface area contributed by atoms with Crippen molar-refractivity contribution in [1.29, 1.82) is 0 Å². The molecule has 0 atom stereocenters. The molecule has 1 amide bonds. The number of piperidine rings is 1. The summed E-state index contributed by atoms with van der Waals surface area (Å²) in [6, 6.07) is 0.195. The molecule has 0 saturated carbocycles. The molecule has 1 rings (SSSR count). The van der Waals surface area contributed by atoms with Gasteiger partial charge in [-0.25, -0.2) is 0 Å². The van der Waals surface area contributed by atoms with E-state index < -0.39 is 0 Å². The molecule has 0 aromatic rings. The summed E-state index contributed by atoms with van der Waals surface area (Å²) in [6.45, 7) is 6.29. The third-order valence-corrected chi connectivity index (χ3v) is 2.88. The Bertz CT molecular complexity index is 211. The zero-order valence-corrected chi connectivity index (χ0v) is 11.2. The Kier molecular flexibility index (Phi) is 6.95. The fourth-order valence-corrected chi connectivity index (χ4v) is 2.03. The van der Waals surface area contributed by atoms with Gasteiger partial charge in [0.2, 0.25) is 5.91 Å². The molecule has 1 aliphatic heterocycles. The third kappa shape index (κ3) is 3.92. The number of carbonyl (C=O) groups excluding carboxylic acids is 1. The number of ether oxygens (including phenoxy) is 1. The zero-order chi connectivity index (χ0) is 11.3. The number of rotatable bonds is 4. The van der Waals surface area contributed by atoms with Gasteiger partial charge in [0.15, 0.2) is 0 Å². The van der Waals surface area contributed by atoms with Crippen LogP contribution in [0, 0.1) is 5.41 Å². The first-order valence-electron chi connectivity index (χ1n) is 5.61. The van der Waals surface area contributed by atoms with Crippen molar-refractivity contribution in [2.75, 3.05) is 26.8 Å². The van der Waals surface area contributed by atoms with Gasteiger partial charge in [-0.2, -0.15) is 0 Å². The van der Waals surface area contributed by atoms with Gasteiger partial charge in [-0.1, -0.05) is 0 Å². The fraction of sp³-hybridized carbons (Fsp3) is 0.909. The fourth-order valence-electron chi connectivity index (χ4n) is 2.03. The number of hydrogen-bond acceptors (Lipinski definition) is 3. The number of carbonyl (C=O) groups is 1. The van der Waals surface area contributed by atoms with Crippen molar-refractivity contribution in [3.05, 3.63) is 0 Å². The molecule has 1 saturated heterocycles. The van der Waals surface area contributed by atoms with Gasteiger partial charge in [-0.3, -0.25) is 4.79 Å². The zero-order valence-electron chi connectivity index (χ0n) is 10.3. The molecule has 0 spiro atoms. The van der Waals surface area contributed by atoms with E-state index in [4.69, 9.17) is 4.74 Å². The maximum absolute atomic E-state index is 12.1. The van der Waals surface area contributed by atoms with Gasteiger partial charge < -0.3 is 15.4 Å². The van der Waals surface area contributed by atoms with E-state index in [9.17, 15) is 4.79 Å². The van der Waals surface area contributed by atoms with Crippen molar-refractivity contribution in [2.24, 2.45) is 5.41 Å². The Morgan fingerprint density at radius 3 is 2.44 bits per heavy atom. The first kappa shape index (κ1) is 15.7. The maximum Gasteiger partial charge on any atom is 0.228 e. The van der Waals surface area contributed by atoms with Crippen LogP contribution >= 0.6 is 12.4 Å².